The van der Waals surface area contributed by atoms with E-state index >= 15 is 0 Å². The number of aromatic nitrogens is 5. The van der Waals surface area contributed by atoms with Crippen molar-refractivity contribution in [2.75, 3.05) is 5.32 Å². The SMILES string of the molecule is O=C(Cn1cnc2c(nnn2Cc2cccc(C(F)(F)F)c2)c1=O)Nc1ccc(F)cc1Cl. The molecule has 0 aliphatic heterocycles. The molecule has 0 radical (unpaired) electrons. The van der Waals surface area contributed by atoms with Crippen molar-refractivity contribution >= 4 is 34.4 Å². The van der Waals surface area contributed by atoms with Gasteiger partial charge in [0.15, 0.2) is 11.2 Å². The number of carbonyl (C=O) groups is 1. The first kappa shape index (κ1) is 22.4. The standard InChI is InChI=1S/C20H13ClF4N6O2/c21-14-7-13(22)4-5-15(14)27-16(32)9-30-10-26-18-17(19(30)33)28-29-31(18)8-11-2-1-3-12(6-11)20(23,24)25/h1-7,10H,8-9H2,(H,27,32). The number of nitrogens with one attached hydrogen (secondary N) is 1. The Morgan fingerprint density at radius 3 is 2.67 bits per heavy atom. The number of carbonyl (C=O) groups excluding carboxylic acids is 1. The van der Waals surface area contributed by atoms with Crippen molar-refractivity contribution in [1.82, 2.24) is 24.5 Å². The monoisotopic (exact) mass is 480 g/mol. The number of fused-ring (bicyclic) bond motifs is 1. The summed E-state index contributed by atoms with van der Waals surface area (Å²) >= 11 is 5.87. The minimum Gasteiger partial charge on any atom is -0.323 e. The van der Waals surface area contributed by atoms with Gasteiger partial charge in [-0.1, -0.05) is 28.9 Å². The molecule has 1 amide bonds. The third kappa shape index (κ3) is 4.85. The van der Waals surface area contributed by atoms with E-state index in [1.165, 1.54) is 22.9 Å². The van der Waals surface area contributed by atoms with Crippen LogP contribution < -0.4 is 10.9 Å². The van der Waals surface area contributed by atoms with E-state index in [2.05, 4.69) is 20.6 Å². The molecule has 33 heavy (non-hydrogen) atoms. The minimum atomic E-state index is -4.49. The Hall–Kier alpha value is -3.80. The molecular weight excluding hydrogens is 468 g/mol. The van der Waals surface area contributed by atoms with Gasteiger partial charge in [0.2, 0.25) is 5.91 Å². The number of amides is 1. The molecule has 0 saturated heterocycles. The fourth-order valence-corrected chi connectivity index (χ4v) is 3.27. The van der Waals surface area contributed by atoms with Crippen molar-refractivity contribution in [2.45, 2.75) is 19.3 Å². The van der Waals surface area contributed by atoms with E-state index in [4.69, 9.17) is 11.6 Å². The summed E-state index contributed by atoms with van der Waals surface area (Å²) in [4.78, 5) is 29.0. The lowest BCUT2D eigenvalue weighted by atomic mass is 10.1. The van der Waals surface area contributed by atoms with Gasteiger partial charge in [0.05, 0.1) is 22.8 Å². The zero-order valence-electron chi connectivity index (χ0n) is 16.5. The summed E-state index contributed by atoms with van der Waals surface area (Å²) in [5.41, 5.74) is -1.13. The lowest BCUT2D eigenvalue weighted by molar-refractivity contribution is -0.137. The fraction of sp³-hybridized carbons (Fsp3) is 0.150. The van der Waals surface area contributed by atoms with Gasteiger partial charge in [0.25, 0.3) is 5.56 Å². The normalized spacial score (nSPS) is 11.7. The molecule has 0 unspecified atom stereocenters. The zero-order valence-corrected chi connectivity index (χ0v) is 17.2. The summed E-state index contributed by atoms with van der Waals surface area (Å²) in [5.74, 6) is -1.19. The number of benzene rings is 2. The van der Waals surface area contributed by atoms with Crippen LogP contribution in [0.4, 0.5) is 23.2 Å². The second kappa shape index (κ2) is 8.62. The molecule has 0 spiro atoms. The molecule has 4 aromatic rings. The van der Waals surface area contributed by atoms with Crippen LogP contribution in [-0.4, -0.2) is 30.5 Å². The molecule has 0 bridgehead atoms. The first-order chi connectivity index (χ1) is 15.6. The van der Waals surface area contributed by atoms with Crippen molar-refractivity contribution in [1.29, 1.82) is 0 Å². The van der Waals surface area contributed by atoms with Gasteiger partial charge >= 0.3 is 6.18 Å². The Kier molecular flexibility index (Phi) is 5.85. The maximum atomic E-state index is 13.1. The highest BCUT2D eigenvalue weighted by Gasteiger charge is 2.30. The lowest BCUT2D eigenvalue weighted by Crippen LogP contribution is -2.28. The summed E-state index contributed by atoms with van der Waals surface area (Å²) in [6, 6.07) is 8.09. The van der Waals surface area contributed by atoms with Crippen molar-refractivity contribution in [3.8, 4) is 0 Å². The Morgan fingerprint density at radius 1 is 1.15 bits per heavy atom. The van der Waals surface area contributed by atoms with Gasteiger partial charge in [0, 0.05) is 0 Å². The predicted molar refractivity (Wildman–Crippen MR) is 110 cm³/mol. The fourth-order valence-electron chi connectivity index (χ4n) is 3.06. The van der Waals surface area contributed by atoms with Gasteiger partial charge in [-0.25, -0.2) is 14.1 Å². The molecule has 8 nitrogen and oxygen atoms in total. The Balaban J connectivity index is 1.55. The number of rotatable bonds is 5. The van der Waals surface area contributed by atoms with Crippen molar-refractivity contribution < 1.29 is 22.4 Å². The molecule has 170 valence electrons. The highest BCUT2D eigenvalue weighted by Crippen LogP contribution is 2.29. The molecule has 2 aromatic carbocycles. The highest BCUT2D eigenvalue weighted by molar-refractivity contribution is 6.33. The third-order valence-electron chi connectivity index (χ3n) is 4.60. The number of alkyl halides is 3. The summed E-state index contributed by atoms with van der Waals surface area (Å²) in [6.07, 6.45) is -3.40. The van der Waals surface area contributed by atoms with E-state index in [9.17, 15) is 27.2 Å². The molecule has 0 fully saturated rings. The quantitative estimate of drug-likeness (QED) is 0.441. The van der Waals surface area contributed by atoms with Crippen LogP contribution in [-0.2, 0) is 24.1 Å². The van der Waals surface area contributed by atoms with Crippen LogP contribution in [0.25, 0.3) is 11.2 Å². The average Bonchev–Trinajstić information content (AvgIpc) is 3.15. The van der Waals surface area contributed by atoms with Crippen LogP contribution in [0.15, 0.2) is 53.6 Å². The Morgan fingerprint density at radius 2 is 1.94 bits per heavy atom. The molecule has 2 aromatic heterocycles. The number of halogens is 5. The van der Waals surface area contributed by atoms with Gasteiger partial charge in [0.1, 0.15) is 18.7 Å². The van der Waals surface area contributed by atoms with Crippen LogP contribution in [0.2, 0.25) is 5.02 Å². The van der Waals surface area contributed by atoms with E-state index in [1.807, 2.05) is 0 Å². The first-order valence-corrected chi connectivity index (χ1v) is 9.69. The first-order valence-electron chi connectivity index (χ1n) is 9.31. The highest BCUT2D eigenvalue weighted by atomic mass is 35.5. The number of hydrogen-bond acceptors (Lipinski definition) is 5. The summed E-state index contributed by atoms with van der Waals surface area (Å²) in [5, 5.41) is 10.0. The number of nitrogens with zero attached hydrogens (tertiary/aromatic N) is 5. The second-order valence-electron chi connectivity index (χ2n) is 6.97. The molecular formula is C20H13ClF4N6O2. The van der Waals surface area contributed by atoms with Gasteiger partial charge in [-0.15, -0.1) is 5.10 Å². The van der Waals surface area contributed by atoms with Crippen molar-refractivity contribution in [3.63, 3.8) is 0 Å². The molecule has 0 atom stereocenters. The minimum absolute atomic E-state index is 0.0122. The Bertz CT molecular complexity index is 1420. The van der Waals surface area contributed by atoms with E-state index < -0.39 is 35.6 Å². The van der Waals surface area contributed by atoms with E-state index in [1.54, 1.807) is 0 Å². The number of anilines is 1. The Labute approximate surface area is 187 Å². The largest absolute Gasteiger partial charge is 0.416 e. The smallest absolute Gasteiger partial charge is 0.323 e. The van der Waals surface area contributed by atoms with Gasteiger partial charge in [-0.05, 0) is 35.9 Å². The molecule has 0 aliphatic carbocycles. The second-order valence-corrected chi connectivity index (χ2v) is 7.37. The van der Waals surface area contributed by atoms with Crippen molar-refractivity contribution in [3.05, 3.63) is 81.1 Å². The van der Waals surface area contributed by atoms with Crippen LogP contribution in [0, 0.1) is 5.82 Å². The van der Waals surface area contributed by atoms with Crippen LogP contribution in [0.1, 0.15) is 11.1 Å². The molecule has 0 aliphatic rings. The van der Waals surface area contributed by atoms with Crippen LogP contribution >= 0.6 is 11.6 Å². The zero-order chi connectivity index (χ0) is 23.8. The molecule has 0 saturated carbocycles. The maximum Gasteiger partial charge on any atom is 0.416 e. The van der Waals surface area contributed by atoms with E-state index in [-0.39, 0.29) is 34.0 Å². The maximum absolute atomic E-state index is 13.1. The number of hydrogen-bond donors (Lipinski definition) is 1. The molecule has 13 heteroatoms. The summed E-state index contributed by atoms with van der Waals surface area (Å²) in [6.45, 7) is -0.531. The molecule has 2 heterocycles. The van der Waals surface area contributed by atoms with E-state index in [0.29, 0.717) is 0 Å². The predicted octanol–water partition coefficient (Wildman–Crippen LogP) is 3.49. The van der Waals surface area contributed by atoms with Crippen LogP contribution in [0.3, 0.4) is 0 Å². The van der Waals surface area contributed by atoms with Crippen LogP contribution in [0.5, 0.6) is 0 Å². The summed E-state index contributed by atoms with van der Waals surface area (Å²) in [7, 11) is 0. The third-order valence-corrected chi connectivity index (χ3v) is 4.91. The lowest BCUT2D eigenvalue weighted by Gasteiger charge is -2.09. The van der Waals surface area contributed by atoms with Gasteiger partial charge < -0.3 is 5.32 Å². The van der Waals surface area contributed by atoms with Gasteiger partial charge in [-0.2, -0.15) is 13.2 Å². The topological polar surface area (TPSA) is 94.7 Å². The summed E-state index contributed by atoms with van der Waals surface area (Å²) < 4.78 is 54.1. The van der Waals surface area contributed by atoms with Gasteiger partial charge in [-0.3, -0.25) is 14.2 Å². The average molecular weight is 481 g/mol. The molecule has 4 rings (SSSR count). The van der Waals surface area contributed by atoms with E-state index in [0.717, 1.165) is 35.2 Å². The van der Waals surface area contributed by atoms with Crippen molar-refractivity contribution in [2.24, 2.45) is 0 Å². The molecule has 1 N–H and O–H groups in total.